The summed E-state index contributed by atoms with van der Waals surface area (Å²) in [7, 11) is 0. The number of rotatable bonds is 5. The lowest BCUT2D eigenvalue weighted by molar-refractivity contribution is -0.274. The zero-order valence-corrected chi connectivity index (χ0v) is 16.7. The lowest BCUT2D eigenvalue weighted by Gasteiger charge is -2.15. The summed E-state index contributed by atoms with van der Waals surface area (Å²) >= 11 is 6.21. The van der Waals surface area contributed by atoms with E-state index >= 15 is 0 Å². The van der Waals surface area contributed by atoms with Gasteiger partial charge in [-0.1, -0.05) is 11.6 Å². The number of aromatic nitrogens is 3. The molecule has 0 unspecified atom stereocenters. The highest BCUT2D eigenvalue weighted by Crippen LogP contribution is 2.39. The molecule has 2 heterocycles. The van der Waals surface area contributed by atoms with E-state index in [1.54, 1.807) is 25.4 Å². The van der Waals surface area contributed by atoms with E-state index in [4.69, 9.17) is 16.3 Å². The molecule has 0 amide bonds. The van der Waals surface area contributed by atoms with Gasteiger partial charge in [-0.15, -0.1) is 13.2 Å². The Labute approximate surface area is 178 Å². The van der Waals surface area contributed by atoms with Gasteiger partial charge in [-0.25, -0.2) is 4.39 Å². The molecule has 0 atom stereocenters. The number of aromatic amines is 1. The molecule has 0 bridgehead atoms. The van der Waals surface area contributed by atoms with E-state index in [2.05, 4.69) is 19.9 Å². The molecule has 0 radical (unpaired) electrons. The SMILES string of the molecule is Cc1cc(-c2cc(OC(F)(F)F)ccc2F)c(OCc2n[nH]c3ccncc23)cc1Cl. The number of nitrogens with zero attached hydrogens (tertiary/aromatic N) is 2. The third-order valence-corrected chi connectivity index (χ3v) is 4.94. The van der Waals surface area contributed by atoms with Gasteiger partial charge in [0.15, 0.2) is 0 Å². The molecule has 0 spiro atoms. The fraction of sp³-hybridized carbons (Fsp3) is 0.143. The molecule has 0 fully saturated rings. The second-order valence-corrected chi connectivity index (χ2v) is 7.07. The van der Waals surface area contributed by atoms with E-state index in [0.29, 0.717) is 16.3 Å². The van der Waals surface area contributed by atoms with Gasteiger partial charge in [0.05, 0.1) is 5.52 Å². The number of hydrogen-bond donors (Lipinski definition) is 1. The average Bonchev–Trinajstić information content (AvgIpc) is 3.12. The van der Waals surface area contributed by atoms with Crippen molar-refractivity contribution in [2.75, 3.05) is 0 Å². The van der Waals surface area contributed by atoms with E-state index < -0.39 is 17.9 Å². The minimum Gasteiger partial charge on any atom is -0.486 e. The second kappa shape index (κ2) is 8.07. The van der Waals surface area contributed by atoms with Gasteiger partial charge in [-0.3, -0.25) is 10.1 Å². The summed E-state index contributed by atoms with van der Waals surface area (Å²) in [4.78, 5) is 4.05. The first-order valence-electron chi connectivity index (χ1n) is 8.97. The zero-order chi connectivity index (χ0) is 22.2. The molecule has 0 aliphatic carbocycles. The Hall–Kier alpha value is -3.33. The van der Waals surface area contributed by atoms with Crippen LogP contribution in [0.4, 0.5) is 17.6 Å². The van der Waals surface area contributed by atoms with Gasteiger partial charge < -0.3 is 9.47 Å². The van der Waals surface area contributed by atoms with Gasteiger partial charge in [0.1, 0.15) is 29.6 Å². The molecular formula is C21H14ClF4N3O2. The standard InChI is InChI=1S/C21H14ClF4N3O2/c1-11-6-14(13-7-12(2-3-17(13)23)31-21(24,25)26)20(8-16(11)22)30-10-19-15-9-27-5-4-18(15)28-29-19/h2-9H,10H2,1H3,(H,28,29). The Bertz CT molecular complexity index is 1260. The van der Waals surface area contributed by atoms with Gasteiger partial charge in [0, 0.05) is 33.9 Å². The largest absolute Gasteiger partial charge is 0.573 e. The average molecular weight is 452 g/mol. The number of halogens is 5. The Balaban J connectivity index is 1.72. The first-order valence-corrected chi connectivity index (χ1v) is 9.34. The Morgan fingerprint density at radius 3 is 2.68 bits per heavy atom. The summed E-state index contributed by atoms with van der Waals surface area (Å²) in [5, 5.41) is 8.13. The number of hydrogen-bond acceptors (Lipinski definition) is 4. The minimum absolute atomic E-state index is 0.00154. The predicted octanol–water partition coefficient (Wildman–Crippen LogP) is 6.20. The summed E-state index contributed by atoms with van der Waals surface area (Å²) < 4.78 is 62.2. The maximum Gasteiger partial charge on any atom is 0.573 e. The van der Waals surface area contributed by atoms with Crippen molar-refractivity contribution >= 4 is 22.5 Å². The van der Waals surface area contributed by atoms with E-state index in [1.165, 1.54) is 12.1 Å². The highest BCUT2D eigenvalue weighted by Gasteiger charge is 2.31. The van der Waals surface area contributed by atoms with Gasteiger partial charge in [0.25, 0.3) is 0 Å². The normalized spacial score (nSPS) is 11.7. The first-order chi connectivity index (χ1) is 14.7. The van der Waals surface area contributed by atoms with Crippen LogP contribution in [0.25, 0.3) is 22.0 Å². The number of H-pyrrole nitrogens is 1. The van der Waals surface area contributed by atoms with Crippen LogP contribution in [0.3, 0.4) is 0 Å². The van der Waals surface area contributed by atoms with E-state index in [9.17, 15) is 17.6 Å². The van der Waals surface area contributed by atoms with Crippen LogP contribution in [-0.2, 0) is 6.61 Å². The maximum atomic E-state index is 14.6. The number of pyridine rings is 1. The monoisotopic (exact) mass is 451 g/mol. The Kier molecular flexibility index (Phi) is 5.45. The molecule has 5 nitrogen and oxygen atoms in total. The number of nitrogens with one attached hydrogen (secondary N) is 1. The van der Waals surface area contributed by atoms with Gasteiger partial charge in [-0.05, 0) is 48.9 Å². The van der Waals surface area contributed by atoms with Crippen LogP contribution in [0.5, 0.6) is 11.5 Å². The molecule has 4 aromatic rings. The van der Waals surface area contributed by atoms with Crippen molar-refractivity contribution in [2.24, 2.45) is 0 Å². The summed E-state index contributed by atoms with van der Waals surface area (Å²) in [5.74, 6) is -1.11. The van der Waals surface area contributed by atoms with Gasteiger partial charge in [-0.2, -0.15) is 5.10 Å². The number of alkyl halides is 3. The predicted molar refractivity (Wildman–Crippen MR) is 106 cm³/mol. The van der Waals surface area contributed by atoms with Crippen LogP contribution in [0, 0.1) is 12.7 Å². The molecule has 31 heavy (non-hydrogen) atoms. The molecule has 2 aromatic heterocycles. The lowest BCUT2D eigenvalue weighted by atomic mass is 10.0. The lowest BCUT2D eigenvalue weighted by Crippen LogP contribution is -2.17. The van der Waals surface area contributed by atoms with Crippen molar-refractivity contribution in [1.29, 1.82) is 0 Å². The fourth-order valence-electron chi connectivity index (χ4n) is 3.07. The molecule has 2 aromatic carbocycles. The van der Waals surface area contributed by atoms with Crippen molar-refractivity contribution in [3.05, 3.63) is 70.9 Å². The van der Waals surface area contributed by atoms with Crippen molar-refractivity contribution in [3.63, 3.8) is 0 Å². The van der Waals surface area contributed by atoms with Crippen LogP contribution < -0.4 is 9.47 Å². The third-order valence-electron chi connectivity index (χ3n) is 4.53. The number of benzene rings is 2. The van der Waals surface area contributed by atoms with E-state index in [-0.39, 0.29) is 23.5 Å². The summed E-state index contributed by atoms with van der Waals surface area (Å²) in [6.07, 6.45) is -1.67. The van der Waals surface area contributed by atoms with Crippen LogP contribution in [0.2, 0.25) is 5.02 Å². The van der Waals surface area contributed by atoms with Crippen molar-refractivity contribution in [1.82, 2.24) is 15.2 Å². The van der Waals surface area contributed by atoms with Gasteiger partial charge >= 0.3 is 6.36 Å². The highest BCUT2D eigenvalue weighted by atomic mass is 35.5. The molecule has 0 aliphatic rings. The summed E-state index contributed by atoms with van der Waals surface area (Å²) in [6, 6.07) is 7.54. The second-order valence-electron chi connectivity index (χ2n) is 6.67. The molecule has 1 N–H and O–H groups in total. The third kappa shape index (κ3) is 4.56. The minimum atomic E-state index is -4.90. The quantitative estimate of drug-likeness (QED) is 0.367. The van der Waals surface area contributed by atoms with Crippen LogP contribution >= 0.6 is 11.6 Å². The van der Waals surface area contributed by atoms with E-state index in [1.807, 2.05) is 0 Å². The van der Waals surface area contributed by atoms with Gasteiger partial charge in [0.2, 0.25) is 0 Å². The Morgan fingerprint density at radius 1 is 1.10 bits per heavy atom. The molecule has 10 heteroatoms. The number of fused-ring (bicyclic) bond motifs is 1. The number of ether oxygens (including phenoxy) is 2. The van der Waals surface area contributed by atoms with Crippen molar-refractivity contribution < 1.29 is 27.0 Å². The van der Waals surface area contributed by atoms with Crippen LogP contribution in [0.15, 0.2) is 48.8 Å². The zero-order valence-electron chi connectivity index (χ0n) is 15.9. The van der Waals surface area contributed by atoms with Crippen molar-refractivity contribution in [2.45, 2.75) is 19.9 Å². The Morgan fingerprint density at radius 2 is 1.90 bits per heavy atom. The fourth-order valence-corrected chi connectivity index (χ4v) is 3.22. The summed E-state index contributed by atoms with van der Waals surface area (Å²) in [6.45, 7) is 1.69. The van der Waals surface area contributed by atoms with E-state index in [0.717, 1.165) is 29.1 Å². The topological polar surface area (TPSA) is 60.0 Å². The molecule has 160 valence electrons. The molecule has 0 saturated heterocycles. The number of aryl methyl sites for hydroxylation is 1. The molecule has 0 saturated carbocycles. The maximum absolute atomic E-state index is 14.6. The highest BCUT2D eigenvalue weighted by molar-refractivity contribution is 6.31. The van der Waals surface area contributed by atoms with Crippen LogP contribution in [-0.4, -0.2) is 21.5 Å². The summed E-state index contributed by atoms with van der Waals surface area (Å²) in [5.41, 5.74) is 2.02. The smallest absolute Gasteiger partial charge is 0.486 e. The molecule has 4 rings (SSSR count). The molecular weight excluding hydrogens is 438 g/mol. The van der Waals surface area contributed by atoms with Crippen molar-refractivity contribution in [3.8, 4) is 22.6 Å². The molecule has 0 aliphatic heterocycles. The van der Waals surface area contributed by atoms with Crippen LogP contribution in [0.1, 0.15) is 11.3 Å². The first kappa shape index (κ1) is 20.9.